The van der Waals surface area contributed by atoms with Crippen LogP contribution in [-0.2, 0) is 11.2 Å². The number of rotatable bonds is 6. The second kappa shape index (κ2) is 8.19. The van der Waals surface area contributed by atoms with E-state index in [0.29, 0.717) is 17.9 Å². The number of amides is 1. The lowest BCUT2D eigenvalue weighted by Gasteiger charge is -2.14. The van der Waals surface area contributed by atoms with Gasteiger partial charge in [-0.25, -0.2) is 0 Å². The minimum absolute atomic E-state index is 0.0173. The smallest absolute Gasteiger partial charge is 0.227 e. The van der Waals surface area contributed by atoms with Crippen molar-refractivity contribution in [1.82, 2.24) is 10.2 Å². The quantitative estimate of drug-likeness (QED) is 0.488. The third-order valence-electron chi connectivity index (χ3n) is 5.08. The van der Waals surface area contributed by atoms with Crippen molar-refractivity contribution in [3.05, 3.63) is 78.6 Å². The van der Waals surface area contributed by atoms with Crippen molar-refractivity contribution in [2.45, 2.75) is 13.3 Å². The number of nitrogens with zero attached hydrogens (tertiary/aromatic N) is 1. The normalized spacial score (nSPS) is 11.9. The first-order chi connectivity index (χ1) is 14.1. The molecule has 3 aromatic carbocycles. The lowest BCUT2D eigenvalue weighted by Crippen LogP contribution is -2.22. The molecule has 0 aliphatic heterocycles. The number of methoxy groups -OCH3 is 1. The number of hydrogen-bond donors (Lipinski definition) is 2. The van der Waals surface area contributed by atoms with Crippen molar-refractivity contribution in [2.75, 3.05) is 12.4 Å². The summed E-state index contributed by atoms with van der Waals surface area (Å²) >= 11 is 0. The second-order valence-electron chi connectivity index (χ2n) is 7.18. The monoisotopic (exact) mass is 385 g/mol. The fourth-order valence-electron chi connectivity index (χ4n) is 3.48. The number of aromatic amines is 1. The van der Waals surface area contributed by atoms with E-state index in [1.807, 2.05) is 43.5 Å². The Morgan fingerprint density at radius 2 is 1.93 bits per heavy atom. The molecule has 2 N–H and O–H groups in total. The molecule has 0 saturated carbocycles. The first-order valence-electron chi connectivity index (χ1n) is 9.60. The zero-order chi connectivity index (χ0) is 20.2. The molecule has 29 heavy (non-hydrogen) atoms. The SMILES string of the molecule is COc1cc(NC(=O)[C@H](C)Cc2ccc3ccccc3c2)ccc1-c1cn[nH]c1. The molecule has 0 aliphatic rings. The predicted molar refractivity (Wildman–Crippen MR) is 116 cm³/mol. The summed E-state index contributed by atoms with van der Waals surface area (Å²) in [6.45, 7) is 1.95. The highest BCUT2D eigenvalue weighted by Gasteiger charge is 2.15. The number of ether oxygens (including phenoxy) is 1. The number of hydrogen-bond acceptors (Lipinski definition) is 3. The van der Waals surface area contributed by atoms with Crippen LogP contribution in [0.3, 0.4) is 0 Å². The summed E-state index contributed by atoms with van der Waals surface area (Å²) in [6.07, 6.45) is 4.23. The van der Waals surface area contributed by atoms with Gasteiger partial charge in [0.05, 0.1) is 13.3 Å². The molecular formula is C24H23N3O2. The van der Waals surface area contributed by atoms with Gasteiger partial charge in [0.1, 0.15) is 5.75 Å². The van der Waals surface area contributed by atoms with Crippen molar-refractivity contribution < 1.29 is 9.53 Å². The highest BCUT2D eigenvalue weighted by Crippen LogP contribution is 2.32. The third-order valence-corrected chi connectivity index (χ3v) is 5.08. The highest BCUT2D eigenvalue weighted by molar-refractivity contribution is 5.93. The Bertz CT molecular complexity index is 1140. The first kappa shape index (κ1) is 18.7. The number of fused-ring (bicyclic) bond motifs is 1. The summed E-state index contributed by atoms with van der Waals surface area (Å²) in [5.41, 5.74) is 3.72. The standard InChI is InChI=1S/C24H23N3O2/c1-16(11-17-7-8-18-5-3-4-6-19(18)12-17)24(28)27-21-9-10-22(23(13-21)29-2)20-14-25-26-15-20/h3-10,12-16H,11H2,1-2H3,(H,25,26)(H,27,28)/t16-/m1/s1. The molecule has 4 aromatic rings. The van der Waals surface area contributed by atoms with Crippen LogP contribution in [0.25, 0.3) is 21.9 Å². The molecule has 0 bridgehead atoms. The van der Waals surface area contributed by atoms with Crippen molar-refractivity contribution in [3.8, 4) is 16.9 Å². The van der Waals surface area contributed by atoms with E-state index in [0.717, 1.165) is 16.7 Å². The predicted octanol–water partition coefficient (Wildman–Crippen LogP) is 5.06. The largest absolute Gasteiger partial charge is 0.496 e. The third kappa shape index (κ3) is 4.14. The average molecular weight is 385 g/mol. The Balaban J connectivity index is 1.46. The van der Waals surface area contributed by atoms with Crippen LogP contribution < -0.4 is 10.1 Å². The van der Waals surface area contributed by atoms with Gasteiger partial charge in [-0.15, -0.1) is 0 Å². The lowest BCUT2D eigenvalue weighted by atomic mass is 9.97. The molecule has 1 atom stereocenters. The van der Waals surface area contributed by atoms with Crippen LogP contribution in [0.1, 0.15) is 12.5 Å². The fourth-order valence-corrected chi connectivity index (χ4v) is 3.48. The maximum atomic E-state index is 12.7. The zero-order valence-corrected chi connectivity index (χ0v) is 16.5. The number of carbonyl (C=O) groups excluding carboxylic acids is 1. The molecular weight excluding hydrogens is 362 g/mol. The Morgan fingerprint density at radius 1 is 1.10 bits per heavy atom. The molecule has 1 heterocycles. The van der Waals surface area contributed by atoms with E-state index in [4.69, 9.17) is 4.74 Å². The fraction of sp³-hybridized carbons (Fsp3) is 0.167. The van der Waals surface area contributed by atoms with E-state index in [9.17, 15) is 4.79 Å². The topological polar surface area (TPSA) is 67.0 Å². The van der Waals surface area contributed by atoms with E-state index in [1.54, 1.807) is 13.3 Å². The molecule has 5 heteroatoms. The number of aromatic nitrogens is 2. The van der Waals surface area contributed by atoms with Crippen LogP contribution in [-0.4, -0.2) is 23.2 Å². The number of benzene rings is 3. The molecule has 1 aromatic heterocycles. The van der Waals surface area contributed by atoms with Crippen LogP contribution in [0.4, 0.5) is 5.69 Å². The molecule has 0 spiro atoms. The maximum absolute atomic E-state index is 12.7. The summed E-state index contributed by atoms with van der Waals surface area (Å²) in [4.78, 5) is 12.7. The molecule has 0 radical (unpaired) electrons. The summed E-state index contributed by atoms with van der Waals surface area (Å²) in [5.74, 6) is 0.512. The van der Waals surface area contributed by atoms with Crippen molar-refractivity contribution in [2.24, 2.45) is 5.92 Å². The molecule has 0 aliphatic carbocycles. The summed E-state index contributed by atoms with van der Waals surface area (Å²) in [7, 11) is 1.62. The molecule has 0 fully saturated rings. The van der Waals surface area contributed by atoms with Gasteiger partial charge in [-0.2, -0.15) is 5.10 Å². The minimum Gasteiger partial charge on any atom is -0.496 e. The Labute approximate surface area is 169 Å². The molecule has 5 nitrogen and oxygen atoms in total. The van der Waals surface area contributed by atoms with E-state index in [1.165, 1.54) is 10.8 Å². The van der Waals surface area contributed by atoms with E-state index >= 15 is 0 Å². The molecule has 0 saturated heterocycles. The van der Waals surface area contributed by atoms with E-state index in [2.05, 4.69) is 45.8 Å². The van der Waals surface area contributed by atoms with Crippen LogP contribution in [0.15, 0.2) is 73.1 Å². The van der Waals surface area contributed by atoms with Gasteiger partial charge >= 0.3 is 0 Å². The average Bonchev–Trinajstić information content (AvgIpc) is 3.28. The lowest BCUT2D eigenvalue weighted by molar-refractivity contribution is -0.119. The van der Waals surface area contributed by atoms with E-state index < -0.39 is 0 Å². The van der Waals surface area contributed by atoms with Crippen LogP contribution in [0.2, 0.25) is 0 Å². The second-order valence-corrected chi connectivity index (χ2v) is 7.18. The first-order valence-corrected chi connectivity index (χ1v) is 9.60. The van der Waals surface area contributed by atoms with Gasteiger partial charge in [0.2, 0.25) is 5.91 Å². The number of H-pyrrole nitrogens is 1. The van der Waals surface area contributed by atoms with Gasteiger partial charge in [-0.05, 0) is 34.9 Å². The van der Waals surface area contributed by atoms with Crippen LogP contribution in [0.5, 0.6) is 5.75 Å². The summed E-state index contributed by atoms with van der Waals surface area (Å²) in [5, 5.41) is 12.2. The number of nitrogens with one attached hydrogen (secondary N) is 2. The van der Waals surface area contributed by atoms with Crippen LogP contribution >= 0.6 is 0 Å². The summed E-state index contributed by atoms with van der Waals surface area (Å²) in [6, 6.07) is 20.2. The number of carbonyl (C=O) groups is 1. The Morgan fingerprint density at radius 3 is 2.69 bits per heavy atom. The molecule has 4 rings (SSSR count). The van der Waals surface area contributed by atoms with Gasteiger partial charge in [0.15, 0.2) is 0 Å². The van der Waals surface area contributed by atoms with Gasteiger partial charge in [-0.3, -0.25) is 9.89 Å². The number of anilines is 1. The summed E-state index contributed by atoms with van der Waals surface area (Å²) < 4.78 is 5.50. The molecule has 0 unspecified atom stereocenters. The van der Waals surface area contributed by atoms with Crippen molar-refractivity contribution in [3.63, 3.8) is 0 Å². The maximum Gasteiger partial charge on any atom is 0.227 e. The Hall–Kier alpha value is -3.60. The van der Waals surface area contributed by atoms with Gasteiger partial charge < -0.3 is 10.1 Å². The van der Waals surface area contributed by atoms with E-state index in [-0.39, 0.29) is 11.8 Å². The van der Waals surface area contributed by atoms with Gasteiger partial charge in [0.25, 0.3) is 0 Å². The Kier molecular flexibility index (Phi) is 5.29. The molecule has 1 amide bonds. The van der Waals surface area contributed by atoms with Crippen LogP contribution in [0, 0.1) is 5.92 Å². The highest BCUT2D eigenvalue weighted by atomic mass is 16.5. The minimum atomic E-state index is -0.157. The van der Waals surface area contributed by atoms with Crippen molar-refractivity contribution >= 4 is 22.4 Å². The zero-order valence-electron chi connectivity index (χ0n) is 16.5. The van der Waals surface area contributed by atoms with Gasteiger partial charge in [-0.1, -0.05) is 49.4 Å². The van der Waals surface area contributed by atoms with Gasteiger partial charge in [0, 0.05) is 35.0 Å². The molecule has 146 valence electrons. The van der Waals surface area contributed by atoms with Crippen molar-refractivity contribution in [1.29, 1.82) is 0 Å².